The van der Waals surface area contributed by atoms with Gasteiger partial charge in [-0.1, -0.05) is 44.5 Å². The second-order valence-electron chi connectivity index (χ2n) is 7.33. The van der Waals surface area contributed by atoms with Gasteiger partial charge in [-0.2, -0.15) is 0 Å². The molecule has 1 fully saturated rings. The number of rotatable bonds is 3. The average molecular weight is 309 g/mol. The molecule has 2 unspecified atom stereocenters. The molecule has 1 heterocycles. The SMILES string of the molecule is CC(C)(C)C1CCCN(C(CN)c2ccc(Cl)cc2)CC1. The summed E-state index contributed by atoms with van der Waals surface area (Å²) in [7, 11) is 0. The summed E-state index contributed by atoms with van der Waals surface area (Å²) in [5.74, 6) is 0.811. The minimum absolute atomic E-state index is 0.320. The Balaban J connectivity index is 2.07. The fourth-order valence-electron chi connectivity index (χ4n) is 3.48. The Morgan fingerprint density at radius 3 is 2.43 bits per heavy atom. The average Bonchev–Trinajstić information content (AvgIpc) is 2.67. The largest absolute Gasteiger partial charge is 0.329 e. The summed E-state index contributed by atoms with van der Waals surface area (Å²) in [6.07, 6.45) is 3.87. The molecule has 2 N–H and O–H groups in total. The molecule has 0 spiro atoms. The zero-order valence-electron chi connectivity index (χ0n) is 13.6. The van der Waals surface area contributed by atoms with Gasteiger partial charge in [0, 0.05) is 17.6 Å². The van der Waals surface area contributed by atoms with Crippen molar-refractivity contribution in [3.63, 3.8) is 0 Å². The maximum absolute atomic E-state index is 6.07. The Bertz CT molecular complexity index is 436. The Kier molecular flexibility index (Phi) is 5.70. The molecular weight excluding hydrogens is 280 g/mol. The zero-order valence-corrected chi connectivity index (χ0v) is 14.4. The van der Waals surface area contributed by atoms with Gasteiger partial charge >= 0.3 is 0 Å². The summed E-state index contributed by atoms with van der Waals surface area (Å²) < 4.78 is 0. The van der Waals surface area contributed by atoms with E-state index < -0.39 is 0 Å². The van der Waals surface area contributed by atoms with Gasteiger partial charge in [-0.25, -0.2) is 0 Å². The number of benzene rings is 1. The highest BCUT2D eigenvalue weighted by Gasteiger charge is 2.29. The highest BCUT2D eigenvalue weighted by atomic mass is 35.5. The lowest BCUT2D eigenvalue weighted by Gasteiger charge is -2.32. The summed E-state index contributed by atoms with van der Waals surface area (Å²) in [4.78, 5) is 2.56. The molecular formula is C18H29ClN2. The van der Waals surface area contributed by atoms with Crippen molar-refractivity contribution < 1.29 is 0 Å². The van der Waals surface area contributed by atoms with Crippen LogP contribution in [0.5, 0.6) is 0 Å². The van der Waals surface area contributed by atoms with Crippen molar-refractivity contribution in [3.8, 4) is 0 Å². The van der Waals surface area contributed by atoms with Crippen LogP contribution in [0.2, 0.25) is 5.02 Å². The van der Waals surface area contributed by atoms with Gasteiger partial charge in [0.15, 0.2) is 0 Å². The van der Waals surface area contributed by atoms with Gasteiger partial charge in [0.2, 0.25) is 0 Å². The number of halogens is 1. The first-order valence-corrected chi connectivity index (χ1v) is 8.49. The minimum Gasteiger partial charge on any atom is -0.329 e. The molecule has 118 valence electrons. The maximum Gasteiger partial charge on any atom is 0.0470 e. The fourth-order valence-corrected chi connectivity index (χ4v) is 3.60. The van der Waals surface area contributed by atoms with E-state index >= 15 is 0 Å². The van der Waals surface area contributed by atoms with Crippen molar-refractivity contribution in [2.45, 2.75) is 46.1 Å². The van der Waals surface area contributed by atoms with Crippen LogP contribution in [0.15, 0.2) is 24.3 Å². The molecule has 1 saturated heterocycles. The van der Waals surface area contributed by atoms with Crippen LogP contribution >= 0.6 is 11.6 Å². The van der Waals surface area contributed by atoms with Crippen LogP contribution < -0.4 is 5.73 Å². The molecule has 1 aromatic rings. The standard InChI is InChI=1S/C18H29ClN2/c1-18(2,3)15-5-4-11-21(12-10-15)17(13-20)14-6-8-16(19)9-7-14/h6-9,15,17H,4-5,10-13,20H2,1-3H3. The summed E-state index contributed by atoms with van der Waals surface area (Å²) in [5, 5.41) is 0.790. The van der Waals surface area contributed by atoms with Crippen LogP contribution in [0, 0.1) is 11.3 Å². The molecule has 2 atom stereocenters. The molecule has 21 heavy (non-hydrogen) atoms. The molecule has 0 saturated carbocycles. The van der Waals surface area contributed by atoms with Gasteiger partial charge in [-0.05, 0) is 61.4 Å². The van der Waals surface area contributed by atoms with Crippen LogP contribution in [-0.4, -0.2) is 24.5 Å². The van der Waals surface area contributed by atoms with Gasteiger partial charge in [-0.15, -0.1) is 0 Å². The highest BCUT2D eigenvalue weighted by Crippen LogP contribution is 2.36. The van der Waals surface area contributed by atoms with E-state index in [1.807, 2.05) is 12.1 Å². The van der Waals surface area contributed by atoms with Crippen LogP contribution in [-0.2, 0) is 0 Å². The molecule has 1 aliphatic heterocycles. The zero-order chi connectivity index (χ0) is 15.5. The van der Waals surface area contributed by atoms with Gasteiger partial charge in [-0.3, -0.25) is 4.90 Å². The third kappa shape index (κ3) is 4.45. The lowest BCUT2D eigenvalue weighted by atomic mass is 9.77. The first-order valence-electron chi connectivity index (χ1n) is 8.11. The van der Waals surface area contributed by atoms with Gasteiger partial charge in [0.1, 0.15) is 0 Å². The molecule has 1 aliphatic rings. The first kappa shape index (κ1) is 16.8. The second-order valence-corrected chi connectivity index (χ2v) is 7.77. The molecule has 0 bridgehead atoms. The van der Waals surface area contributed by atoms with E-state index in [-0.39, 0.29) is 0 Å². The Morgan fingerprint density at radius 1 is 1.19 bits per heavy atom. The van der Waals surface area contributed by atoms with E-state index in [1.54, 1.807) is 0 Å². The predicted octanol–water partition coefficient (Wildman–Crippen LogP) is 4.49. The highest BCUT2D eigenvalue weighted by molar-refractivity contribution is 6.30. The smallest absolute Gasteiger partial charge is 0.0470 e. The summed E-state index contributed by atoms with van der Waals surface area (Å²) in [6, 6.07) is 8.49. The predicted molar refractivity (Wildman–Crippen MR) is 91.6 cm³/mol. The Morgan fingerprint density at radius 2 is 1.86 bits per heavy atom. The van der Waals surface area contributed by atoms with Crippen molar-refractivity contribution >= 4 is 11.6 Å². The van der Waals surface area contributed by atoms with Crippen molar-refractivity contribution in [1.29, 1.82) is 0 Å². The van der Waals surface area contributed by atoms with E-state index in [4.69, 9.17) is 17.3 Å². The van der Waals surface area contributed by atoms with E-state index in [2.05, 4.69) is 37.8 Å². The van der Waals surface area contributed by atoms with Crippen molar-refractivity contribution in [1.82, 2.24) is 4.90 Å². The number of hydrogen-bond donors (Lipinski definition) is 1. The van der Waals surface area contributed by atoms with Crippen molar-refractivity contribution in [2.75, 3.05) is 19.6 Å². The van der Waals surface area contributed by atoms with Crippen LogP contribution in [0.25, 0.3) is 0 Å². The molecule has 0 aliphatic carbocycles. The van der Waals surface area contributed by atoms with E-state index in [0.29, 0.717) is 18.0 Å². The monoisotopic (exact) mass is 308 g/mol. The first-order chi connectivity index (χ1) is 9.91. The summed E-state index contributed by atoms with van der Waals surface area (Å²) in [5.41, 5.74) is 7.77. The third-order valence-corrected chi connectivity index (χ3v) is 5.16. The molecule has 3 heteroatoms. The van der Waals surface area contributed by atoms with Crippen molar-refractivity contribution in [2.24, 2.45) is 17.1 Å². The molecule has 0 radical (unpaired) electrons. The topological polar surface area (TPSA) is 29.3 Å². The van der Waals surface area contributed by atoms with Gasteiger partial charge in [0.25, 0.3) is 0 Å². The molecule has 2 rings (SSSR count). The van der Waals surface area contributed by atoms with Crippen LogP contribution in [0.4, 0.5) is 0 Å². The maximum atomic E-state index is 6.07. The lowest BCUT2D eigenvalue weighted by Crippen LogP contribution is -2.35. The van der Waals surface area contributed by atoms with Crippen molar-refractivity contribution in [3.05, 3.63) is 34.9 Å². The number of likely N-dealkylation sites (tertiary alicyclic amines) is 1. The molecule has 2 nitrogen and oxygen atoms in total. The Labute approximate surface area is 134 Å². The van der Waals surface area contributed by atoms with E-state index in [1.165, 1.54) is 24.8 Å². The van der Waals surface area contributed by atoms with E-state index in [0.717, 1.165) is 24.0 Å². The minimum atomic E-state index is 0.320. The molecule has 1 aromatic carbocycles. The number of hydrogen-bond acceptors (Lipinski definition) is 2. The fraction of sp³-hybridized carbons (Fsp3) is 0.667. The number of nitrogens with zero attached hydrogens (tertiary/aromatic N) is 1. The summed E-state index contributed by atoms with van der Waals surface area (Å²) in [6.45, 7) is 10.1. The van der Waals surface area contributed by atoms with Gasteiger partial charge in [0.05, 0.1) is 0 Å². The molecule has 0 aromatic heterocycles. The second kappa shape index (κ2) is 7.13. The van der Waals surface area contributed by atoms with Crippen LogP contribution in [0.1, 0.15) is 51.6 Å². The number of nitrogens with two attached hydrogens (primary N) is 1. The third-order valence-electron chi connectivity index (χ3n) is 4.91. The van der Waals surface area contributed by atoms with E-state index in [9.17, 15) is 0 Å². The lowest BCUT2D eigenvalue weighted by molar-refractivity contribution is 0.185. The molecule has 0 amide bonds. The normalized spacial score (nSPS) is 22.8. The van der Waals surface area contributed by atoms with Gasteiger partial charge < -0.3 is 5.73 Å². The quantitative estimate of drug-likeness (QED) is 0.891. The summed E-state index contributed by atoms with van der Waals surface area (Å²) >= 11 is 6.00. The Hall–Kier alpha value is -0.570. The van der Waals surface area contributed by atoms with Crippen LogP contribution in [0.3, 0.4) is 0 Å².